The van der Waals surface area contributed by atoms with Crippen LogP contribution in [0.25, 0.3) is 11.1 Å². The third kappa shape index (κ3) is 2.18. The van der Waals surface area contributed by atoms with Crippen LogP contribution in [-0.4, -0.2) is 11.0 Å². The number of oxazole rings is 1. The normalized spacial score (nSPS) is 14.9. The molecule has 3 nitrogen and oxygen atoms in total. The van der Waals surface area contributed by atoms with Gasteiger partial charge in [-0.1, -0.05) is 32.4 Å². The highest BCUT2D eigenvalue weighted by Gasteiger charge is 2.13. The summed E-state index contributed by atoms with van der Waals surface area (Å²) in [6.07, 6.45) is 1.15. The molecule has 1 heterocycles. The average Bonchev–Trinajstić information content (AvgIpc) is 2.69. The van der Waals surface area contributed by atoms with Gasteiger partial charge in [-0.25, -0.2) is 0 Å². The van der Waals surface area contributed by atoms with E-state index in [0.717, 1.165) is 17.5 Å². The average molecular weight is 218 g/mol. The first-order valence-corrected chi connectivity index (χ1v) is 5.82. The van der Waals surface area contributed by atoms with Gasteiger partial charge in [0.2, 0.25) is 0 Å². The van der Waals surface area contributed by atoms with Gasteiger partial charge in [-0.2, -0.15) is 4.98 Å². The summed E-state index contributed by atoms with van der Waals surface area (Å²) in [6.45, 7) is 6.57. The van der Waals surface area contributed by atoms with Crippen molar-refractivity contribution in [3.8, 4) is 0 Å². The lowest BCUT2D eigenvalue weighted by Crippen LogP contribution is -2.23. The van der Waals surface area contributed by atoms with Crippen molar-refractivity contribution in [3.05, 3.63) is 24.3 Å². The van der Waals surface area contributed by atoms with Gasteiger partial charge < -0.3 is 9.73 Å². The zero-order valence-electron chi connectivity index (χ0n) is 10.0. The molecule has 0 aliphatic rings. The lowest BCUT2D eigenvalue weighted by atomic mass is 10.0. The molecule has 3 heteroatoms. The van der Waals surface area contributed by atoms with Gasteiger partial charge in [0.05, 0.1) is 0 Å². The van der Waals surface area contributed by atoms with Crippen LogP contribution in [0.2, 0.25) is 0 Å². The van der Waals surface area contributed by atoms with Crippen LogP contribution in [0.4, 0.5) is 6.01 Å². The summed E-state index contributed by atoms with van der Waals surface area (Å²) in [4.78, 5) is 4.39. The minimum Gasteiger partial charge on any atom is -0.424 e. The first-order valence-electron chi connectivity index (χ1n) is 5.82. The topological polar surface area (TPSA) is 38.1 Å². The highest BCUT2D eigenvalue weighted by atomic mass is 16.4. The number of hydrogen-bond acceptors (Lipinski definition) is 3. The van der Waals surface area contributed by atoms with Gasteiger partial charge in [0.25, 0.3) is 6.01 Å². The van der Waals surface area contributed by atoms with Crippen molar-refractivity contribution in [1.82, 2.24) is 4.98 Å². The molecule has 2 atom stereocenters. The first-order chi connectivity index (χ1) is 7.70. The molecule has 0 amide bonds. The Kier molecular flexibility index (Phi) is 3.13. The number of aromatic nitrogens is 1. The Morgan fingerprint density at radius 2 is 2.06 bits per heavy atom. The fourth-order valence-electron chi connectivity index (χ4n) is 1.62. The van der Waals surface area contributed by atoms with Gasteiger partial charge in [-0.15, -0.1) is 0 Å². The van der Waals surface area contributed by atoms with Crippen molar-refractivity contribution in [3.63, 3.8) is 0 Å². The quantitative estimate of drug-likeness (QED) is 0.850. The molecule has 0 radical (unpaired) electrons. The van der Waals surface area contributed by atoms with Crippen LogP contribution in [0.1, 0.15) is 27.2 Å². The number of rotatable bonds is 4. The molecule has 2 unspecified atom stereocenters. The third-order valence-electron chi connectivity index (χ3n) is 3.14. The molecule has 0 aliphatic heterocycles. The molecule has 0 spiro atoms. The molecule has 16 heavy (non-hydrogen) atoms. The van der Waals surface area contributed by atoms with Crippen molar-refractivity contribution in [1.29, 1.82) is 0 Å². The van der Waals surface area contributed by atoms with E-state index in [2.05, 4.69) is 31.1 Å². The van der Waals surface area contributed by atoms with Gasteiger partial charge in [-0.05, 0) is 25.0 Å². The molecule has 0 fully saturated rings. The van der Waals surface area contributed by atoms with Crippen LogP contribution in [-0.2, 0) is 0 Å². The highest BCUT2D eigenvalue weighted by molar-refractivity contribution is 5.74. The highest BCUT2D eigenvalue weighted by Crippen LogP contribution is 2.20. The van der Waals surface area contributed by atoms with Gasteiger partial charge >= 0.3 is 0 Å². The smallest absolute Gasteiger partial charge is 0.295 e. The van der Waals surface area contributed by atoms with Crippen LogP contribution in [0.15, 0.2) is 28.7 Å². The third-order valence-corrected chi connectivity index (χ3v) is 3.14. The zero-order valence-corrected chi connectivity index (χ0v) is 10.0. The van der Waals surface area contributed by atoms with Gasteiger partial charge in [0.15, 0.2) is 5.58 Å². The maximum Gasteiger partial charge on any atom is 0.295 e. The van der Waals surface area contributed by atoms with Crippen molar-refractivity contribution < 1.29 is 4.42 Å². The first kappa shape index (κ1) is 11.0. The van der Waals surface area contributed by atoms with Crippen LogP contribution in [0.3, 0.4) is 0 Å². The van der Waals surface area contributed by atoms with E-state index < -0.39 is 0 Å². The van der Waals surface area contributed by atoms with E-state index in [0.29, 0.717) is 18.0 Å². The van der Waals surface area contributed by atoms with Crippen LogP contribution in [0.5, 0.6) is 0 Å². The second kappa shape index (κ2) is 4.56. The number of nitrogens with zero attached hydrogens (tertiary/aromatic N) is 1. The fraction of sp³-hybridized carbons (Fsp3) is 0.462. The molecule has 2 rings (SSSR count). The SMILES string of the molecule is CCC(C)C(C)Nc1nc2ccccc2o1. The van der Waals surface area contributed by atoms with E-state index in [1.807, 2.05) is 24.3 Å². The number of benzene rings is 1. The number of nitrogens with one attached hydrogen (secondary N) is 1. The maximum atomic E-state index is 5.61. The molecule has 0 saturated heterocycles. The number of anilines is 1. The summed E-state index contributed by atoms with van der Waals surface area (Å²) < 4.78 is 5.61. The van der Waals surface area contributed by atoms with E-state index >= 15 is 0 Å². The summed E-state index contributed by atoms with van der Waals surface area (Å²) >= 11 is 0. The van der Waals surface area contributed by atoms with Crippen LogP contribution < -0.4 is 5.32 Å². The summed E-state index contributed by atoms with van der Waals surface area (Å²) in [7, 11) is 0. The fourth-order valence-corrected chi connectivity index (χ4v) is 1.62. The predicted octanol–water partition coefficient (Wildman–Crippen LogP) is 3.67. The molecule has 0 saturated carbocycles. The van der Waals surface area contributed by atoms with Crippen LogP contribution >= 0.6 is 0 Å². The molecule has 1 aromatic heterocycles. The number of hydrogen-bond donors (Lipinski definition) is 1. The van der Waals surface area contributed by atoms with Crippen LogP contribution in [0, 0.1) is 5.92 Å². The van der Waals surface area contributed by atoms with E-state index in [-0.39, 0.29) is 0 Å². The molecule has 1 aromatic carbocycles. The van der Waals surface area contributed by atoms with Crippen molar-refractivity contribution in [2.24, 2.45) is 5.92 Å². The zero-order chi connectivity index (χ0) is 11.5. The van der Waals surface area contributed by atoms with Gasteiger partial charge in [0, 0.05) is 6.04 Å². The summed E-state index contributed by atoms with van der Waals surface area (Å²) in [5, 5.41) is 3.30. The Bertz CT molecular complexity index is 431. The second-order valence-corrected chi connectivity index (χ2v) is 4.31. The predicted molar refractivity (Wildman–Crippen MR) is 66.5 cm³/mol. The minimum absolute atomic E-state index is 0.373. The molecular formula is C13H18N2O. The lowest BCUT2D eigenvalue weighted by Gasteiger charge is -2.18. The summed E-state index contributed by atoms with van der Waals surface area (Å²) in [6, 6.07) is 8.80. The summed E-state index contributed by atoms with van der Waals surface area (Å²) in [5.41, 5.74) is 1.74. The summed E-state index contributed by atoms with van der Waals surface area (Å²) in [5.74, 6) is 0.606. The Morgan fingerprint density at radius 3 is 2.75 bits per heavy atom. The molecule has 86 valence electrons. The van der Waals surface area contributed by atoms with E-state index in [4.69, 9.17) is 4.42 Å². The Hall–Kier alpha value is -1.51. The Morgan fingerprint density at radius 1 is 1.31 bits per heavy atom. The van der Waals surface area contributed by atoms with Gasteiger partial charge in [0.1, 0.15) is 5.52 Å². The van der Waals surface area contributed by atoms with E-state index in [9.17, 15) is 0 Å². The Balaban J connectivity index is 2.15. The number of para-hydroxylation sites is 2. The Labute approximate surface area is 95.9 Å². The molecule has 0 bridgehead atoms. The monoisotopic (exact) mass is 218 g/mol. The molecule has 2 aromatic rings. The standard InChI is InChI=1S/C13H18N2O/c1-4-9(2)10(3)14-13-15-11-7-5-6-8-12(11)16-13/h5-10H,4H2,1-3H3,(H,14,15). The molecule has 0 aliphatic carbocycles. The largest absolute Gasteiger partial charge is 0.424 e. The van der Waals surface area contributed by atoms with Crippen molar-refractivity contribution in [2.45, 2.75) is 33.2 Å². The minimum atomic E-state index is 0.373. The maximum absolute atomic E-state index is 5.61. The van der Waals surface area contributed by atoms with Crippen molar-refractivity contribution >= 4 is 17.1 Å². The van der Waals surface area contributed by atoms with E-state index in [1.165, 1.54) is 0 Å². The second-order valence-electron chi connectivity index (χ2n) is 4.31. The van der Waals surface area contributed by atoms with Crippen molar-refractivity contribution in [2.75, 3.05) is 5.32 Å². The molecular weight excluding hydrogens is 200 g/mol. The molecule has 1 N–H and O–H groups in total. The van der Waals surface area contributed by atoms with Gasteiger partial charge in [-0.3, -0.25) is 0 Å². The van der Waals surface area contributed by atoms with E-state index in [1.54, 1.807) is 0 Å². The number of fused-ring (bicyclic) bond motifs is 1. The lowest BCUT2D eigenvalue weighted by molar-refractivity contribution is 0.478.